The summed E-state index contributed by atoms with van der Waals surface area (Å²) in [5.74, 6) is 0.572. The Morgan fingerprint density at radius 2 is 2.44 bits per heavy atom. The smallest absolute Gasteiger partial charge is 0.110 e. The maximum atomic E-state index is 5.58. The zero-order valence-electron chi connectivity index (χ0n) is 9.98. The second-order valence-corrected chi connectivity index (χ2v) is 5.57. The summed E-state index contributed by atoms with van der Waals surface area (Å²) in [6.07, 6.45) is 4.30. The molecule has 1 aromatic heterocycles. The van der Waals surface area contributed by atoms with Crippen molar-refractivity contribution in [3.63, 3.8) is 0 Å². The van der Waals surface area contributed by atoms with Gasteiger partial charge in [0, 0.05) is 30.1 Å². The van der Waals surface area contributed by atoms with E-state index in [1.165, 1.54) is 17.8 Å². The Bertz CT molecular complexity index is 294. The largest absolute Gasteiger partial charge is 0.381 e. The van der Waals surface area contributed by atoms with Crippen molar-refractivity contribution in [1.29, 1.82) is 0 Å². The van der Waals surface area contributed by atoms with Gasteiger partial charge in [0.2, 0.25) is 0 Å². The van der Waals surface area contributed by atoms with Gasteiger partial charge in [-0.15, -0.1) is 11.3 Å². The van der Waals surface area contributed by atoms with E-state index in [1.807, 2.05) is 11.6 Å². The van der Waals surface area contributed by atoms with Crippen molar-refractivity contribution in [1.82, 2.24) is 10.3 Å². The van der Waals surface area contributed by atoms with Gasteiger partial charge in [0.05, 0.1) is 12.6 Å². The Morgan fingerprint density at radius 1 is 1.56 bits per heavy atom. The Morgan fingerprint density at radius 3 is 3.00 bits per heavy atom. The highest BCUT2D eigenvalue weighted by Crippen LogP contribution is 2.30. The average Bonchev–Trinajstić information content (AvgIpc) is 2.80. The molecule has 0 aliphatic carbocycles. The number of thiazole rings is 1. The summed E-state index contributed by atoms with van der Waals surface area (Å²) in [7, 11) is 0. The normalized spacial score (nSPS) is 23.6. The Labute approximate surface area is 101 Å². The first-order valence-corrected chi connectivity index (χ1v) is 6.88. The Balaban J connectivity index is 2.07. The van der Waals surface area contributed by atoms with E-state index < -0.39 is 0 Å². The summed E-state index contributed by atoms with van der Waals surface area (Å²) >= 11 is 1.74. The molecule has 1 aromatic rings. The molecule has 0 amide bonds. The second-order valence-electron chi connectivity index (χ2n) is 4.65. The molecule has 0 spiro atoms. The van der Waals surface area contributed by atoms with Gasteiger partial charge in [-0.1, -0.05) is 13.8 Å². The maximum absolute atomic E-state index is 5.58. The number of nitrogens with one attached hydrogen (secondary N) is 1. The van der Waals surface area contributed by atoms with Gasteiger partial charge in [0.25, 0.3) is 0 Å². The van der Waals surface area contributed by atoms with Crippen LogP contribution in [-0.4, -0.2) is 24.2 Å². The van der Waals surface area contributed by atoms with Crippen molar-refractivity contribution >= 4 is 11.3 Å². The molecule has 1 saturated heterocycles. The lowest BCUT2D eigenvalue weighted by molar-refractivity contribution is 0.0376. The zero-order chi connectivity index (χ0) is 11.4. The van der Waals surface area contributed by atoms with E-state index >= 15 is 0 Å². The van der Waals surface area contributed by atoms with Gasteiger partial charge >= 0.3 is 0 Å². The number of rotatable bonds is 4. The van der Waals surface area contributed by atoms with Crippen LogP contribution in [0.4, 0.5) is 0 Å². The first-order valence-electron chi connectivity index (χ1n) is 6.00. The molecule has 16 heavy (non-hydrogen) atoms. The van der Waals surface area contributed by atoms with Crippen molar-refractivity contribution in [3.8, 4) is 0 Å². The standard InChI is InChI=1S/C12H20N2OS/c1-9(2)14-11(12-13-5-7-16-12)10-4-3-6-15-8-10/h5,7,9-11,14H,3-4,6,8H2,1-2H3. The van der Waals surface area contributed by atoms with Crippen LogP contribution in [0.25, 0.3) is 0 Å². The molecule has 4 heteroatoms. The van der Waals surface area contributed by atoms with Crippen LogP contribution in [0.1, 0.15) is 37.7 Å². The summed E-state index contributed by atoms with van der Waals surface area (Å²) in [5, 5.41) is 6.87. The van der Waals surface area contributed by atoms with Crippen LogP contribution in [0.15, 0.2) is 11.6 Å². The van der Waals surface area contributed by atoms with Crippen LogP contribution >= 0.6 is 11.3 Å². The van der Waals surface area contributed by atoms with E-state index in [0.29, 0.717) is 18.0 Å². The van der Waals surface area contributed by atoms with Gasteiger partial charge in [-0.25, -0.2) is 4.98 Å². The quantitative estimate of drug-likeness (QED) is 0.878. The molecule has 2 heterocycles. The van der Waals surface area contributed by atoms with Crippen LogP contribution in [-0.2, 0) is 4.74 Å². The lowest BCUT2D eigenvalue weighted by Crippen LogP contribution is -2.36. The third kappa shape index (κ3) is 3.03. The molecule has 2 unspecified atom stereocenters. The number of aromatic nitrogens is 1. The van der Waals surface area contributed by atoms with Gasteiger partial charge in [-0.05, 0) is 12.8 Å². The fourth-order valence-corrected chi connectivity index (χ4v) is 2.97. The summed E-state index contributed by atoms with van der Waals surface area (Å²) in [6, 6.07) is 0.844. The van der Waals surface area contributed by atoms with E-state index in [0.717, 1.165) is 13.2 Å². The fourth-order valence-electron chi connectivity index (χ4n) is 2.18. The first-order chi connectivity index (χ1) is 7.77. The average molecular weight is 240 g/mol. The van der Waals surface area contributed by atoms with Gasteiger partial charge < -0.3 is 10.1 Å². The van der Waals surface area contributed by atoms with E-state index in [2.05, 4.69) is 24.1 Å². The molecule has 2 rings (SSSR count). The third-order valence-electron chi connectivity index (χ3n) is 2.90. The van der Waals surface area contributed by atoms with Crippen molar-refractivity contribution in [2.75, 3.05) is 13.2 Å². The predicted octanol–water partition coefficient (Wildman–Crippen LogP) is 2.61. The van der Waals surface area contributed by atoms with Crippen LogP contribution in [0.3, 0.4) is 0 Å². The predicted molar refractivity (Wildman–Crippen MR) is 66.7 cm³/mol. The molecule has 3 nitrogen and oxygen atoms in total. The lowest BCUT2D eigenvalue weighted by Gasteiger charge is -2.31. The molecule has 1 N–H and O–H groups in total. The van der Waals surface area contributed by atoms with Crippen molar-refractivity contribution in [2.24, 2.45) is 5.92 Å². The van der Waals surface area contributed by atoms with E-state index in [4.69, 9.17) is 4.74 Å². The minimum atomic E-state index is 0.361. The fraction of sp³-hybridized carbons (Fsp3) is 0.750. The summed E-state index contributed by atoms with van der Waals surface area (Å²) in [5.41, 5.74) is 0. The zero-order valence-corrected chi connectivity index (χ0v) is 10.8. The first kappa shape index (κ1) is 12.0. The molecule has 2 atom stereocenters. The number of hydrogen-bond donors (Lipinski definition) is 1. The molecule has 1 aliphatic rings. The molecule has 90 valence electrons. The van der Waals surface area contributed by atoms with Gasteiger partial charge in [0.15, 0.2) is 0 Å². The van der Waals surface area contributed by atoms with Crippen molar-refractivity contribution in [3.05, 3.63) is 16.6 Å². The van der Waals surface area contributed by atoms with Gasteiger partial charge in [-0.3, -0.25) is 0 Å². The Hall–Kier alpha value is -0.450. The van der Waals surface area contributed by atoms with E-state index in [1.54, 1.807) is 11.3 Å². The number of ether oxygens (including phenoxy) is 1. The highest BCUT2D eigenvalue weighted by atomic mass is 32.1. The SMILES string of the molecule is CC(C)NC(c1nccs1)C1CCCOC1. The minimum Gasteiger partial charge on any atom is -0.381 e. The highest BCUT2D eigenvalue weighted by molar-refractivity contribution is 7.09. The van der Waals surface area contributed by atoms with Crippen molar-refractivity contribution in [2.45, 2.75) is 38.8 Å². The molecule has 0 bridgehead atoms. The maximum Gasteiger partial charge on any atom is 0.110 e. The van der Waals surface area contributed by atoms with E-state index in [-0.39, 0.29) is 0 Å². The molecule has 1 aliphatic heterocycles. The summed E-state index contributed by atoms with van der Waals surface area (Å²) in [6.45, 7) is 6.15. The van der Waals surface area contributed by atoms with Crippen LogP contribution in [0.5, 0.6) is 0 Å². The van der Waals surface area contributed by atoms with Gasteiger partial charge in [-0.2, -0.15) is 0 Å². The van der Waals surface area contributed by atoms with Gasteiger partial charge in [0.1, 0.15) is 5.01 Å². The molecule has 0 radical (unpaired) electrons. The second kappa shape index (κ2) is 5.75. The number of nitrogens with zero attached hydrogens (tertiary/aromatic N) is 1. The third-order valence-corrected chi connectivity index (χ3v) is 3.76. The topological polar surface area (TPSA) is 34.2 Å². The lowest BCUT2D eigenvalue weighted by atomic mass is 9.93. The molecular formula is C12H20N2OS. The van der Waals surface area contributed by atoms with Crippen LogP contribution in [0, 0.1) is 5.92 Å². The monoisotopic (exact) mass is 240 g/mol. The number of hydrogen-bond acceptors (Lipinski definition) is 4. The highest BCUT2D eigenvalue weighted by Gasteiger charge is 2.27. The van der Waals surface area contributed by atoms with E-state index in [9.17, 15) is 0 Å². The molecule has 0 aromatic carbocycles. The van der Waals surface area contributed by atoms with Crippen LogP contribution in [0.2, 0.25) is 0 Å². The van der Waals surface area contributed by atoms with Crippen LogP contribution < -0.4 is 5.32 Å². The summed E-state index contributed by atoms with van der Waals surface area (Å²) < 4.78 is 5.58. The molecular weight excluding hydrogens is 220 g/mol. The minimum absolute atomic E-state index is 0.361. The summed E-state index contributed by atoms with van der Waals surface area (Å²) in [4.78, 5) is 4.45. The molecule has 0 saturated carbocycles. The Kier molecular flexibility index (Phi) is 4.32. The molecule has 1 fully saturated rings. The van der Waals surface area contributed by atoms with Crippen molar-refractivity contribution < 1.29 is 4.74 Å².